The number of hydrogen-bond donors (Lipinski definition) is 2. The van der Waals surface area contributed by atoms with Crippen LogP contribution in [0.3, 0.4) is 0 Å². The van der Waals surface area contributed by atoms with Crippen molar-refractivity contribution in [2.45, 2.75) is 64.8 Å². The summed E-state index contributed by atoms with van der Waals surface area (Å²) in [7, 11) is 0. The van der Waals surface area contributed by atoms with Crippen LogP contribution in [-0.4, -0.2) is 49.2 Å². The summed E-state index contributed by atoms with van der Waals surface area (Å²) in [6, 6.07) is 9.43. The Hall–Kier alpha value is -1.59. The monoisotopic (exact) mass is 358 g/mol. The zero-order chi connectivity index (χ0) is 18.2. The molecule has 2 fully saturated rings. The van der Waals surface area contributed by atoms with Gasteiger partial charge in [-0.2, -0.15) is 0 Å². The van der Waals surface area contributed by atoms with Gasteiger partial charge in [0.2, 0.25) is 0 Å². The average Bonchev–Trinajstić information content (AvgIpc) is 3.13. The number of benzene rings is 1. The molecular weight excluding hydrogens is 324 g/mol. The number of morpholine rings is 1. The fraction of sp³-hybridized carbons (Fsp3) is 0.667. The second-order valence-corrected chi connectivity index (χ2v) is 7.56. The average molecular weight is 359 g/mol. The molecule has 2 N–H and O–H groups in total. The predicted octanol–water partition coefficient (Wildman–Crippen LogP) is 2.91. The van der Waals surface area contributed by atoms with Crippen LogP contribution in [0.2, 0.25) is 0 Å². The van der Waals surface area contributed by atoms with E-state index in [0.717, 1.165) is 45.3 Å². The van der Waals surface area contributed by atoms with Crippen LogP contribution in [0.25, 0.3) is 0 Å². The van der Waals surface area contributed by atoms with Gasteiger partial charge in [-0.1, -0.05) is 37.1 Å². The van der Waals surface area contributed by atoms with Crippen molar-refractivity contribution in [3.63, 3.8) is 0 Å². The molecule has 0 bridgehead atoms. The van der Waals surface area contributed by atoms with Crippen molar-refractivity contribution in [2.75, 3.05) is 26.2 Å². The Morgan fingerprint density at radius 3 is 2.85 bits per heavy atom. The fourth-order valence-electron chi connectivity index (χ4n) is 3.87. The van der Waals surface area contributed by atoms with Crippen LogP contribution in [0.4, 0.5) is 0 Å². The molecule has 1 saturated heterocycles. The highest BCUT2D eigenvalue weighted by atomic mass is 16.5. The van der Waals surface area contributed by atoms with Crippen molar-refractivity contribution in [3.8, 4) is 0 Å². The molecule has 144 valence electrons. The molecule has 1 atom stereocenters. The quantitative estimate of drug-likeness (QED) is 0.606. The number of hydrogen-bond acceptors (Lipinski definition) is 3. The maximum atomic E-state index is 5.64. The van der Waals surface area contributed by atoms with Crippen molar-refractivity contribution < 1.29 is 4.74 Å². The molecular formula is C21H34N4O. The first-order chi connectivity index (χ1) is 12.7. The Morgan fingerprint density at radius 1 is 1.27 bits per heavy atom. The molecule has 1 aliphatic carbocycles. The maximum Gasteiger partial charge on any atom is 0.191 e. The third-order valence-electron chi connectivity index (χ3n) is 5.18. The zero-order valence-electron chi connectivity index (χ0n) is 16.3. The van der Waals surface area contributed by atoms with Gasteiger partial charge in [0.05, 0.1) is 19.3 Å². The van der Waals surface area contributed by atoms with Gasteiger partial charge in [0.25, 0.3) is 0 Å². The second kappa shape index (κ2) is 9.93. The van der Waals surface area contributed by atoms with E-state index in [0.29, 0.717) is 12.1 Å². The highest BCUT2D eigenvalue weighted by Gasteiger charge is 2.17. The van der Waals surface area contributed by atoms with Crippen molar-refractivity contribution >= 4 is 5.96 Å². The lowest BCUT2D eigenvalue weighted by Crippen LogP contribution is -2.42. The van der Waals surface area contributed by atoms with Gasteiger partial charge in [-0.3, -0.25) is 4.90 Å². The molecule has 3 rings (SSSR count). The van der Waals surface area contributed by atoms with E-state index in [4.69, 9.17) is 9.73 Å². The van der Waals surface area contributed by atoms with Crippen LogP contribution >= 0.6 is 0 Å². The topological polar surface area (TPSA) is 48.9 Å². The minimum atomic E-state index is 0.334. The molecule has 0 radical (unpaired) electrons. The Kier molecular flexibility index (Phi) is 7.32. The minimum absolute atomic E-state index is 0.334. The third-order valence-corrected chi connectivity index (χ3v) is 5.18. The summed E-state index contributed by atoms with van der Waals surface area (Å²) in [6.07, 6.45) is 5.52. The van der Waals surface area contributed by atoms with Gasteiger partial charge < -0.3 is 15.4 Å². The Labute approximate surface area is 158 Å². The van der Waals surface area contributed by atoms with Crippen LogP contribution in [0.5, 0.6) is 0 Å². The second-order valence-electron chi connectivity index (χ2n) is 7.56. The third kappa shape index (κ3) is 5.99. The lowest BCUT2D eigenvalue weighted by molar-refractivity contribution is -0.0212. The van der Waals surface area contributed by atoms with E-state index < -0.39 is 0 Å². The van der Waals surface area contributed by atoms with Crippen LogP contribution in [-0.2, 0) is 17.8 Å². The standard InChI is InChI=1S/C21H34N4O/c1-3-22-21(24-20-9-4-5-10-20)23-14-18-7-6-8-19(13-18)16-25-11-12-26-17(2)15-25/h6-8,13,17,20H,3-5,9-12,14-16H2,1-2H3,(H2,22,23,24). The first kappa shape index (κ1) is 19.2. The van der Waals surface area contributed by atoms with Crippen molar-refractivity contribution in [1.29, 1.82) is 0 Å². The molecule has 0 amide bonds. The Morgan fingerprint density at radius 2 is 2.08 bits per heavy atom. The number of nitrogens with zero attached hydrogens (tertiary/aromatic N) is 2. The molecule has 5 heteroatoms. The lowest BCUT2D eigenvalue weighted by atomic mass is 10.1. The largest absolute Gasteiger partial charge is 0.376 e. The highest BCUT2D eigenvalue weighted by Crippen LogP contribution is 2.17. The van der Waals surface area contributed by atoms with Gasteiger partial charge in [-0.25, -0.2) is 4.99 Å². The van der Waals surface area contributed by atoms with E-state index in [1.165, 1.54) is 36.8 Å². The number of nitrogens with one attached hydrogen (secondary N) is 2. The maximum absolute atomic E-state index is 5.64. The SMILES string of the molecule is CCNC(=NCc1cccc(CN2CCOC(C)C2)c1)NC1CCCC1. The first-order valence-corrected chi connectivity index (χ1v) is 10.2. The summed E-state index contributed by atoms with van der Waals surface area (Å²) in [5, 5.41) is 6.97. The van der Waals surface area contributed by atoms with Gasteiger partial charge in [-0.05, 0) is 37.8 Å². The fourth-order valence-corrected chi connectivity index (χ4v) is 3.87. The van der Waals surface area contributed by atoms with E-state index in [2.05, 4.69) is 53.6 Å². The highest BCUT2D eigenvalue weighted by molar-refractivity contribution is 5.80. The molecule has 1 aromatic rings. The van der Waals surface area contributed by atoms with Crippen molar-refractivity contribution in [3.05, 3.63) is 35.4 Å². The number of ether oxygens (including phenoxy) is 1. The molecule has 26 heavy (non-hydrogen) atoms. The number of guanidine groups is 1. The summed E-state index contributed by atoms with van der Waals surface area (Å²) in [5.41, 5.74) is 2.63. The van der Waals surface area contributed by atoms with Gasteiger partial charge >= 0.3 is 0 Å². The summed E-state index contributed by atoms with van der Waals surface area (Å²) >= 11 is 0. The van der Waals surface area contributed by atoms with E-state index in [9.17, 15) is 0 Å². The van der Waals surface area contributed by atoms with Crippen LogP contribution in [0.1, 0.15) is 50.7 Å². The summed E-state index contributed by atoms with van der Waals surface area (Å²) in [6.45, 7) is 9.74. The van der Waals surface area contributed by atoms with E-state index in [1.807, 2.05) is 0 Å². The normalized spacial score (nSPS) is 22.5. The summed E-state index contributed by atoms with van der Waals surface area (Å²) < 4.78 is 5.64. The smallest absolute Gasteiger partial charge is 0.191 e. The summed E-state index contributed by atoms with van der Waals surface area (Å²) in [4.78, 5) is 7.28. The molecule has 1 aromatic carbocycles. The van der Waals surface area contributed by atoms with E-state index in [-0.39, 0.29) is 0 Å². The van der Waals surface area contributed by atoms with E-state index >= 15 is 0 Å². The first-order valence-electron chi connectivity index (χ1n) is 10.2. The molecule has 5 nitrogen and oxygen atoms in total. The molecule has 1 saturated carbocycles. The summed E-state index contributed by atoms with van der Waals surface area (Å²) in [5.74, 6) is 0.951. The molecule has 1 unspecified atom stereocenters. The van der Waals surface area contributed by atoms with Crippen LogP contribution in [0, 0.1) is 0 Å². The Bertz CT molecular complexity index is 583. The Balaban J connectivity index is 1.57. The zero-order valence-corrected chi connectivity index (χ0v) is 16.3. The lowest BCUT2D eigenvalue weighted by Gasteiger charge is -2.31. The molecule has 0 aromatic heterocycles. The number of aliphatic imine (C=N–C) groups is 1. The minimum Gasteiger partial charge on any atom is -0.376 e. The van der Waals surface area contributed by atoms with Gasteiger partial charge in [-0.15, -0.1) is 0 Å². The molecule has 1 heterocycles. The predicted molar refractivity (Wildman–Crippen MR) is 107 cm³/mol. The van der Waals surface area contributed by atoms with Crippen molar-refractivity contribution in [1.82, 2.24) is 15.5 Å². The van der Waals surface area contributed by atoms with Crippen LogP contribution in [0.15, 0.2) is 29.3 Å². The molecule has 1 aliphatic heterocycles. The van der Waals surface area contributed by atoms with Crippen LogP contribution < -0.4 is 10.6 Å². The molecule has 2 aliphatic rings. The van der Waals surface area contributed by atoms with Gasteiger partial charge in [0, 0.05) is 32.2 Å². The van der Waals surface area contributed by atoms with Gasteiger partial charge in [0.1, 0.15) is 0 Å². The van der Waals surface area contributed by atoms with Gasteiger partial charge in [0.15, 0.2) is 5.96 Å². The molecule has 0 spiro atoms. The van der Waals surface area contributed by atoms with E-state index in [1.54, 1.807) is 0 Å². The van der Waals surface area contributed by atoms with Crippen molar-refractivity contribution in [2.24, 2.45) is 4.99 Å². The number of rotatable bonds is 6.